The lowest BCUT2D eigenvalue weighted by atomic mass is 10.0. The van der Waals surface area contributed by atoms with Gasteiger partial charge in [-0.1, -0.05) is 0 Å². The van der Waals surface area contributed by atoms with Gasteiger partial charge in [0.1, 0.15) is 6.04 Å². The fourth-order valence-electron chi connectivity index (χ4n) is 1.93. The van der Waals surface area contributed by atoms with Crippen LogP contribution in [0, 0.1) is 10.1 Å². The van der Waals surface area contributed by atoms with Crippen molar-refractivity contribution in [3.8, 4) is 0 Å². The summed E-state index contributed by atoms with van der Waals surface area (Å²) in [6.07, 6.45) is 1.83. The zero-order chi connectivity index (χ0) is 14.2. The normalized spacial score (nSPS) is 19.7. The number of imide groups is 1. The molecule has 0 bridgehead atoms. The molecule has 2 amide bonds. The first-order valence-corrected chi connectivity index (χ1v) is 5.64. The Balaban J connectivity index is 2.22. The van der Waals surface area contributed by atoms with Gasteiger partial charge in [-0.3, -0.25) is 19.1 Å². The van der Waals surface area contributed by atoms with Crippen molar-refractivity contribution in [1.82, 2.24) is 14.5 Å². The molecule has 0 spiro atoms. The highest BCUT2D eigenvalue weighted by Crippen LogP contribution is 2.24. The van der Waals surface area contributed by atoms with E-state index in [0.29, 0.717) is 6.42 Å². The Kier molecular flexibility index (Phi) is 3.19. The second-order valence-electron chi connectivity index (χ2n) is 4.31. The molecule has 1 N–H and O–H groups in total. The van der Waals surface area contributed by atoms with E-state index in [4.69, 9.17) is 0 Å². The average molecular weight is 267 g/mol. The third kappa shape index (κ3) is 2.26. The molecule has 1 atom stereocenters. The molecule has 0 aromatic carbocycles. The summed E-state index contributed by atoms with van der Waals surface area (Å²) >= 11 is 0. The smallest absolute Gasteiger partial charge is 0.358 e. The van der Waals surface area contributed by atoms with E-state index in [0.717, 1.165) is 4.90 Å². The number of nitro groups is 1. The number of aryl methyl sites for hydroxylation is 1. The van der Waals surface area contributed by atoms with Gasteiger partial charge in [0.15, 0.2) is 0 Å². The third-order valence-corrected chi connectivity index (χ3v) is 3.05. The highest BCUT2D eigenvalue weighted by molar-refractivity contribution is 6.01. The van der Waals surface area contributed by atoms with Crippen molar-refractivity contribution in [2.75, 3.05) is 12.4 Å². The molecule has 9 nitrogen and oxygen atoms in total. The number of hydrogen-bond acceptors (Lipinski definition) is 6. The van der Waals surface area contributed by atoms with Gasteiger partial charge in [-0.25, -0.2) is 0 Å². The van der Waals surface area contributed by atoms with E-state index >= 15 is 0 Å². The van der Waals surface area contributed by atoms with E-state index in [2.05, 4.69) is 10.3 Å². The number of hydrogen-bond donors (Lipinski definition) is 1. The Morgan fingerprint density at radius 2 is 2.16 bits per heavy atom. The van der Waals surface area contributed by atoms with Crippen LogP contribution in [0.25, 0.3) is 0 Å². The summed E-state index contributed by atoms with van der Waals surface area (Å²) in [7, 11) is 2.99. The molecule has 1 aliphatic heterocycles. The van der Waals surface area contributed by atoms with Crippen molar-refractivity contribution in [3.05, 3.63) is 16.4 Å². The number of anilines is 1. The van der Waals surface area contributed by atoms with Gasteiger partial charge in [0.2, 0.25) is 18.1 Å². The molecule has 9 heteroatoms. The van der Waals surface area contributed by atoms with E-state index in [1.807, 2.05) is 0 Å². The van der Waals surface area contributed by atoms with Crippen molar-refractivity contribution in [2.45, 2.75) is 18.9 Å². The van der Waals surface area contributed by atoms with E-state index in [1.54, 1.807) is 7.05 Å². The molecule has 0 saturated carbocycles. The van der Waals surface area contributed by atoms with Gasteiger partial charge >= 0.3 is 5.82 Å². The topological polar surface area (TPSA) is 110 Å². The minimum atomic E-state index is -0.656. The number of carbonyl (C=O) groups is 2. The summed E-state index contributed by atoms with van der Waals surface area (Å²) in [5.74, 6) is -0.824. The molecule has 0 aliphatic carbocycles. The lowest BCUT2D eigenvalue weighted by Gasteiger charge is -2.28. The molecule has 2 heterocycles. The number of nitrogens with one attached hydrogen (secondary N) is 1. The lowest BCUT2D eigenvalue weighted by Crippen LogP contribution is -2.48. The Morgan fingerprint density at radius 1 is 1.47 bits per heavy atom. The maximum absolute atomic E-state index is 11.9. The molecular formula is C10H13N5O4. The van der Waals surface area contributed by atoms with Crippen LogP contribution in [0.15, 0.2) is 6.33 Å². The van der Waals surface area contributed by atoms with E-state index < -0.39 is 16.9 Å². The first kappa shape index (κ1) is 13.0. The van der Waals surface area contributed by atoms with Crippen LogP contribution in [0.1, 0.15) is 12.8 Å². The molecule has 1 fully saturated rings. The largest absolute Gasteiger partial charge is 0.406 e. The molecule has 1 saturated heterocycles. The number of piperidine rings is 1. The summed E-state index contributed by atoms with van der Waals surface area (Å²) in [5.41, 5.74) is 0. The predicted molar refractivity (Wildman–Crippen MR) is 64.3 cm³/mol. The summed E-state index contributed by atoms with van der Waals surface area (Å²) < 4.78 is 1.43. The van der Waals surface area contributed by atoms with Gasteiger partial charge in [0.05, 0.1) is 0 Å². The van der Waals surface area contributed by atoms with Gasteiger partial charge in [-0.2, -0.15) is 0 Å². The SMILES string of the molecule is CN1C(=O)CCC(Nc2c([N+](=O)[O-])ncn2C)C1=O. The minimum Gasteiger partial charge on any atom is -0.358 e. The van der Waals surface area contributed by atoms with Crippen LogP contribution < -0.4 is 5.32 Å². The zero-order valence-electron chi connectivity index (χ0n) is 10.5. The Bertz CT molecular complexity index is 552. The average Bonchev–Trinajstić information content (AvgIpc) is 2.72. The van der Waals surface area contributed by atoms with Crippen LogP contribution >= 0.6 is 0 Å². The molecule has 102 valence electrons. The maximum Gasteiger partial charge on any atom is 0.406 e. The molecule has 0 radical (unpaired) electrons. The van der Waals surface area contributed by atoms with Crippen LogP contribution in [0.2, 0.25) is 0 Å². The Morgan fingerprint density at radius 3 is 2.79 bits per heavy atom. The number of likely N-dealkylation sites (tertiary alicyclic amines) is 1. The summed E-state index contributed by atoms with van der Waals surface area (Å²) in [6, 6.07) is -0.656. The van der Waals surface area contributed by atoms with Crippen molar-refractivity contribution in [3.63, 3.8) is 0 Å². The van der Waals surface area contributed by atoms with E-state index in [-0.39, 0.29) is 24.0 Å². The summed E-state index contributed by atoms with van der Waals surface area (Å²) in [5, 5.41) is 13.6. The number of amides is 2. The van der Waals surface area contributed by atoms with Gasteiger partial charge in [0, 0.05) is 20.5 Å². The van der Waals surface area contributed by atoms with E-state index in [1.165, 1.54) is 17.9 Å². The van der Waals surface area contributed by atoms with Crippen LogP contribution in [-0.4, -0.2) is 44.3 Å². The van der Waals surface area contributed by atoms with Crippen LogP contribution in [0.3, 0.4) is 0 Å². The quantitative estimate of drug-likeness (QED) is 0.464. The number of likely N-dealkylation sites (N-methyl/N-ethyl adjacent to an activating group) is 1. The first-order chi connectivity index (χ1) is 8.91. The van der Waals surface area contributed by atoms with Gasteiger partial charge in [0.25, 0.3) is 5.91 Å². The van der Waals surface area contributed by atoms with Crippen LogP contribution in [0.4, 0.5) is 11.6 Å². The lowest BCUT2D eigenvalue weighted by molar-refractivity contribution is -0.388. The fourth-order valence-corrected chi connectivity index (χ4v) is 1.93. The molecule has 1 aliphatic rings. The second-order valence-corrected chi connectivity index (χ2v) is 4.31. The molecule has 1 aromatic rings. The fraction of sp³-hybridized carbons (Fsp3) is 0.500. The summed E-state index contributed by atoms with van der Waals surface area (Å²) in [4.78, 5) is 38.1. The standard InChI is InChI=1S/C10H13N5O4/c1-13-5-11-8(15(18)19)9(13)12-6-3-4-7(16)14(2)10(6)17/h5-6,12H,3-4H2,1-2H3. The zero-order valence-corrected chi connectivity index (χ0v) is 10.5. The highest BCUT2D eigenvalue weighted by atomic mass is 16.6. The molecular weight excluding hydrogens is 254 g/mol. The van der Waals surface area contributed by atoms with Gasteiger partial charge in [-0.05, 0) is 16.3 Å². The first-order valence-electron chi connectivity index (χ1n) is 5.64. The maximum atomic E-state index is 11.9. The monoisotopic (exact) mass is 267 g/mol. The van der Waals surface area contributed by atoms with Crippen LogP contribution in [0.5, 0.6) is 0 Å². The number of nitrogens with zero attached hydrogens (tertiary/aromatic N) is 4. The molecule has 2 rings (SSSR count). The van der Waals surface area contributed by atoms with E-state index in [9.17, 15) is 19.7 Å². The minimum absolute atomic E-state index is 0.158. The molecule has 1 unspecified atom stereocenters. The van der Waals surface area contributed by atoms with Crippen molar-refractivity contribution in [2.24, 2.45) is 7.05 Å². The Hall–Kier alpha value is -2.45. The second kappa shape index (κ2) is 4.67. The highest BCUT2D eigenvalue weighted by Gasteiger charge is 2.34. The molecule has 1 aromatic heterocycles. The third-order valence-electron chi connectivity index (χ3n) is 3.05. The van der Waals surface area contributed by atoms with Gasteiger partial charge in [-0.15, -0.1) is 0 Å². The number of aromatic nitrogens is 2. The predicted octanol–water partition coefficient (Wildman–Crippen LogP) is -0.112. The number of rotatable bonds is 3. The summed E-state index contributed by atoms with van der Waals surface area (Å²) in [6.45, 7) is 0. The van der Waals surface area contributed by atoms with Gasteiger partial charge < -0.3 is 15.4 Å². The van der Waals surface area contributed by atoms with Crippen molar-refractivity contribution < 1.29 is 14.5 Å². The van der Waals surface area contributed by atoms with Crippen molar-refractivity contribution >= 4 is 23.5 Å². The molecule has 19 heavy (non-hydrogen) atoms. The number of carbonyl (C=O) groups excluding carboxylic acids is 2. The van der Waals surface area contributed by atoms with Crippen molar-refractivity contribution in [1.29, 1.82) is 0 Å². The number of imidazole rings is 1. The van der Waals surface area contributed by atoms with Crippen LogP contribution in [-0.2, 0) is 16.6 Å². The Labute approximate surface area is 108 Å².